The average molecular weight is 261 g/mol. The molecular weight excluding hydrogens is 242 g/mol. The van der Waals surface area contributed by atoms with Gasteiger partial charge in [-0.1, -0.05) is 13.8 Å². The number of hydrogen-bond acceptors (Lipinski definition) is 4. The Labute approximate surface area is 102 Å². The Bertz CT molecular complexity index is 488. The van der Waals surface area contributed by atoms with Gasteiger partial charge >= 0.3 is 0 Å². The summed E-state index contributed by atoms with van der Waals surface area (Å²) in [6.07, 6.45) is 0. The molecule has 0 spiro atoms. The summed E-state index contributed by atoms with van der Waals surface area (Å²) < 4.78 is 31.9. The first-order valence-electron chi connectivity index (χ1n) is 5.49. The van der Waals surface area contributed by atoms with Crippen LogP contribution >= 0.6 is 0 Å². The standard InChI is InChI=1S/C11H19NO4S/c1-7(2)5-12-17(14,15)11-9(4)16-8(3)10(11)6-13/h7,12-13H,5-6H2,1-4H3. The molecule has 1 aromatic rings. The van der Waals surface area contributed by atoms with Gasteiger partial charge in [-0.05, 0) is 19.8 Å². The van der Waals surface area contributed by atoms with E-state index in [0.717, 1.165) is 0 Å². The lowest BCUT2D eigenvalue weighted by atomic mass is 10.2. The summed E-state index contributed by atoms with van der Waals surface area (Å²) in [6.45, 7) is 7.07. The zero-order valence-electron chi connectivity index (χ0n) is 10.6. The zero-order valence-corrected chi connectivity index (χ0v) is 11.4. The predicted octanol–water partition coefficient (Wildman–Crippen LogP) is 1.32. The highest BCUT2D eigenvalue weighted by atomic mass is 32.2. The second kappa shape index (κ2) is 5.20. The summed E-state index contributed by atoms with van der Waals surface area (Å²) in [5, 5.41) is 9.20. The summed E-state index contributed by atoms with van der Waals surface area (Å²) in [5.41, 5.74) is 0.332. The van der Waals surface area contributed by atoms with Crippen molar-refractivity contribution in [1.82, 2.24) is 4.72 Å². The fourth-order valence-corrected chi connectivity index (χ4v) is 3.24. The zero-order chi connectivity index (χ0) is 13.2. The van der Waals surface area contributed by atoms with E-state index in [9.17, 15) is 13.5 Å². The highest BCUT2D eigenvalue weighted by Crippen LogP contribution is 2.26. The second-order valence-corrected chi connectivity index (χ2v) is 6.13. The summed E-state index contributed by atoms with van der Waals surface area (Å²) in [4.78, 5) is 0.0677. The van der Waals surface area contributed by atoms with Crippen LogP contribution in [0.15, 0.2) is 9.31 Å². The summed E-state index contributed by atoms with van der Waals surface area (Å²) in [5.74, 6) is 0.966. The largest absolute Gasteiger partial charge is 0.465 e. The molecule has 0 aliphatic heterocycles. The maximum Gasteiger partial charge on any atom is 0.244 e. The third-order valence-corrected chi connectivity index (χ3v) is 4.05. The van der Waals surface area contributed by atoms with Crippen LogP contribution in [-0.2, 0) is 16.6 Å². The van der Waals surface area contributed by atoms with Crippen LogP contribution in [0.3, 0.4) is 0 Å². The molecule has 0 fully saturated rings. The Hall–Kier alpha value is -0.850. The van der Waals surface area contributed by atoms with Gasteiger partial charge in [0, 0.05) is 12.1 Å². The first kappa shape index (κ1) is 14.2. The van der Waals surface area contributed by atoms with Crippen LogP contribution in [0.5, 0.6) is 0 Å². The minimum Gasteiger partial charge on any atom is -0.465 e. The molecule has 0 aromatic carbocycles. The van der Waals surface area contributed by atoms with Gasteiger partial charge in [0.15, 0.2) is 0 Å². The molecule has 0 saturated heterocycles. The maximum absolute atomic E-state index is 12.1. The topological polar surface area (TPSA) is 79.5 Å². The van der Waals surface area contributed by atoms with Crippen molar-refractivity contribution in [2.45, 2.75) is 39.2 Å². The van der Waals surface area contributed by atoms with E-state index >= 15 is 0 Å². The summed E-state index contributed by atoms with van der Waals surface area (Å²) >= 11 is 0. The van der Waals surface area contributed by atoms with Crippen LogP contribution in [-0.4, -0.2) is 20.1 Å². The molecule has 0 bridgehead atoms. The molecule has 0 atom stereocenters. The predicted molar refractivity (Wildman–Crippen MR) is 64.1 cm³/mol. The minimum absolute atomic E-state index is 0.0677. The second-order valence-electron chi connectivity index (χ2n) is 4.43. The van der Waals surface area contributed by atoms with Crippen molar-refractivity contribution in [3.63, 3.8) is 0 Å². The van der Waals surface area contributed by atoms with E-state index in [1.807, 2.05) is 13.8 Å². The average Bonchev–Trinajstić information content (AvgIpc) is 2.50. The van der Waals surface area contributed by atoms with Gasteiger partial charge in [0.25, 0.3) is 0 Å². The van der Waals surface area contributed by atoms with Gasteiger partial charge in [-0.25, -0.2) is 13.1 Å². The molecule has 0 amide bonds. The smallest absolute Gasteiger partial charge is 0.244 e. The fraction of sp³-hybridized carbons (Fsp3) is 0.636. The van der Waals surface area contributed by atoms with Gasteiger partial charge in [0.2, 0.25) is 10.0 Å². The Kier molecular flexibility index (Phi) is 4.35. The first-order chi connectivity index (χ1) is 7.79. The number of aryl methyl sites for hydroxylation is 2. The van der Waals surface area contributed by atoms with Crippen LogP contribution in [0, 0.1) is 19.8 Å². The lowest BCUT2D eigenvalue weighted by Crippen LogP contribution is -2.28. The third-order valence-electron chi connectivity index (χ3n) is 2.43. The molecule has 98 valence electrons. The Morgan fingerprint density at radius 3 is 2.35 bits per heavy atom. The molecule has 1 aromatic heterocycles. The van der Waals surface area contributed by atoms with Crippen LogP contribution < -0.4 is 4.72 Å². The van der Waals surface area contributed by atoms with Gasteiger partial charge in [0.1, 0.15) is 16.4 Å². The molecule has 0 radical (unpaired) electrons. The molecule has 0 saturated carbocycles. The normalized spacial score (nSPS) is 12.4. The van der Waals surface area contributed by atoms with Crippen molar-refractivity contribution < 1.29 is 17.9 Å². The number of sulfonamides is 1. The third kappa shape index (κ3) is 3.08. The van der Waals surface area contributed by atoms with E-state index in [2.05, 4.69) is 4.72 Å². The number of nitrogens with one attached hydrogen (secondary N) is 1. The molecule has 17 heavy (non-hydrogen) atoms. The molecular formula is C11H19NO4S. The van der Waals surface area contributed by atoms with Crippen molar-refractivity contribution in [2.75, 3.05) is 6.54 Å². The van der Waals surface area contributed by atoms with E-state index in [0.29, 0.717) is 23.6 Å². The Morgan fingerprint density at radius 2 is 1.88 bits per heavy atom. The SMILES string of the molecule is Cc1oc(C)c(S(=O)(=O)NCC(C)C)c1CO. The van der Waals surface area contributed by atoms with Gasteiger partial charge < -0.3 is 9.52 Å². The molecule has 2 N–H and O–H groups in total. The molecule has 0 unspecified atom stereocenters. The van der Waals surface area contributed by atoms with E-state index < -0.39 is 10.0 Å². The lowest BCUT2D eigenvalue weighted by Gasteiger charge is -2.09. The van der Waals surface area contributed by atoms with Gasteiger partial charge in [-0.15, -0.1) is 0 Å². The number of hydrogen-bond donors (Lipinski definition) is 2. The van der Waals surface area contributed by atoms with Crippen molar-refractivity contribution in [2.24, 2.45) is 5.92 Å². The van der Waals surface area contributed by atoms with E-state index in [4.69, 9.17) is 4.42 Å². The first-order valence-corrected chi connectivity index (χ1v) is 6.97. The van der Waals surface area contributed by atoms with Gasteiger partial charge in [-0.2, -0.15) is 0 Å². The fourth-order valence-electron chi connectivity index (χ4n) is 1.59. The van der Waals surface area contributed by atoms with Crippen LogP contribution in [0.4, 0.5) is 0 Å². The maximum atomic E-state index is 12.1. The minimum atomic E-state index is -3.61. The van der Waals surface area contributed by atoms with Crippen LogP contribution in [0.2, 0.25) is 0 Å². The number of rotatable bonds is 5. The molecule has 6 heteroatoms. The number of furan rings is 1. The molecule has 1 heterocycles. The quantitative estimate of drug-likeness (QED) is 0.838. The van der Waals surface area contributed by atoms with Crippen molar-refractivity contribution in [1.29, 1.82) is 0 Å². The van der Waals surface area contributed by atoms with Crippen molar-refractivity contribution in [3.8, 4) is 0 Å². The highest BCUT2D eigenvalue weighted by molar-refractivity contribution is 7.89. The summed E-state index contributed by atoms with van der Waals surface area (Å²) in [7, 11) is -3.61. The summed E-state index contributed by atoms with van der Waals surface area (Å²) in [6, 6.07) is 0. The number of aliphatic hydroxyl groups is 1. The van der Waals surface area contributed by atoms with Gasteiger partial charge in [0.05, 0.1) is 6.61 Å². The van der Waals surface area contributed by atoms with Crippen LogP contribution in [0.25, 0.3) is 0 Å². The molecule has 0 aliphatic rings. The van der Waals surface area contributed by atoms with Gasteiger partial charge in [-0.3, -0.25) is 0 Å². The molecule has 0 aliphatic carbocycles. The monoisotopic (exact) mass is 261 g/mol. The molecule has 1 rings (SSSR count). The van der Waals surface area contributed by atoms with E-state index in [-0.39, 0.29) is 17.4 Å². The van der Waals surface area contributed by atoms with Crippen molar-refractivity contribution >= 4 is 10.0 Å². The van der Waals surface area contributed by atoms with E-state index in [1.165, 1.54) is 0 Å². The number of aliphatic hydroxyl groups excluding tert-OH is 1. The van der Waals surface area contributed by atoms with Crippen molar-refractivity contribution in [3.05, 3.63) is 17.1 Å². The molecule has 5 nitrogen and oxygen atoms in total. The Morgan fingerprint density at radius 1 is 1.29 bits per heavy atom. The van der Waals surface area contributed by atoms with E-state index in [1.54, 1.807) is 13.8 Å². The highest BCUT2D eigenvalue weighted by Gasteiger charge is 2.26. The Balaban J connectivity index is 3.14. The van der Waals surface area contributed by atoms with Crippen LogP contribution in [0.1, 0.15) is 30.9 Å². The lowest BCUT2D eigenvalue weighted by molar-refractivity contribution is 0.276.